The van der Waals surface area contributed by atoms with Gasteiger partial charge in [0.2, 0.25) is 0 Å². The van der Waals surface area contributed by atoms with Crippen LogP contribution in [0.25, 0.3) is 0 Å². The van der Waals surface area contributed by atoms with Crippen LogP contribution in [0.5, 0.6) is 5.75 Å². The normalized spacial score (nSPS) is 10.9. The minimum absolute atomic E-state index is 0.0344. The van der Waals surface area contributed by atoms with Gasteiger partial charge in [0.25, 0.3) is 5.69 Å². The van der Waals surface area contributed by atoms with Crippen LogP contribution in [0.3, 0.4) is 0 Å². The first-order valence-electron chi connectivity index (χ1n) is 8.32. The first kappa shape index (κ1) is 21.5. The van der Waals surface area contributed by atoms with Gasteiger partial charge in [0.1, 0.15) is 12.4 Å². The van der Waals surface area contributed by atoms with E-state index in [4.69, 9.17) is 16.3 Å². The van der Waals surface area contributed by atoms with E-state index in [0.29, 0.717) is 17.3 Å². The van der Waals surface area contributed by atoms with Crippen LogP contribution in [0.1, 0.15) is 11.1 Å². The van der Waals surface area contributed by atoms with Gasteiger partial charge in [0, 0.05) is 17.2 Å². The molecule has 0 aliphatic carbocycles. The number of hydrogen-bond acceptors (Lipinski definition) is 5. The summed E-state index contributed by atoms with van der Waals surface area (Å²) in [6.07, 6.45) is 1.66. The molecule has 0 heterocycles. The Morgan fingerprint density at radius 3 is 2.48 bits per heavy atom. The maximum atomic E-state index is 10.7. The lowest BCUT2D eigenvalue weighted by Gasteiger charge is -2.11. The number of hydrazone groups is 1. The minimum Gasteiger partial charge on any atom is -0.487 e. The summed E-state index contributed by atoms with van der Waals surface area (Å²) in [6.45, 7) is 0.431. The second-order valence-electron chi connectivity index (χ2n) is 5.90. The highest BCUT2D eigenvalue weighted by Gasteiger charge is 2.09. The van der Waals surface area contributed by atoms with Crippen molar-refractivity contribution >= 4 is 67.7 Å². The molecule has 0 fully saturated rings. The Balaban J connectivity index is 1.64. The fourth-order valence-corrected chi connectivity index (χ4v) is 4.26. The third-order valence-corrected chi connectivity index (χ3v) is 5.44. The van der Waals surface area contributed by atoms with Gasteiger partial charge < -0.3 is 4.74 Å². The van der Waals surface area contributed by atoms with E-state index in [1.165, 1.54) is 12.1 Å². The minimum atomic E-state index is -0.441. The molecule has 0 spiro atoms. The van der Waals surface area contributed by atoms with Crippen LogP contribution in [0.2, 0.25) is 5.02 Å². The van der Waals surface area contributed by atoms with Crippen molar-refractivity contribution in [2.24, 2.45) is 5.10 Å². The van der Waals surface area contributed by atoms with Gasteiger partial charge >= 0.3 is 0 Å². The molecule has 0 aliphatic rings. The van der Waals surface area contributed by atoms with E-state index >= 15 is 0 Å². The number of benzene rings is 3. The summed E-state index contributed by atoms with van der Waals surface area (Å²) >= 11 is 11.7. The van der Waals surface area contributed by atoms with Crippen LogP contribution in [0.15, 0.2) is 70.2 Å². The van der Waals surface area contributed by atoms with Crippen molar-refractivity contribution in [2.75, 3.05) is 5.43 Å². The number of halogens is 3. The van der Waals surface area contributed by atoms with Crippen molar-refractivity contribution in [1.82, 2.24) is 0 Å². The molecule has 29 heavy (non-hydrogen) atoms. The second kappa shape index (κ2) is 10.0. The van der Waals surface area contributed by atoms with Gasteiger partial charge in [-0.25, -0.2) is 0 Å². The lowest BCUT2D eigenvalue weighted by Crippen LogP contribution is -1.99. The third-order valence-electron chi connectivity index (χ3n) is 3.80. The summed E-state index contributed by atoms with van der Waals surface area (Å²) < 4.78 is 7.69. The summed E-state index contributed by atoms with van der Waals surface area (Å²) in [7, 11) is 0. The quantitative estimate of drug-likeness (QED) is 0.146. The van der Waals surface area contributed by atoms with E-state index < -0.39 is 4.92 Å². The zero-order valence-electron chi connectivity index (χ0n) is 14.8. The van der Waals surface area contributed by atoms with Gasteiger partial charge in [-0.05, 0) is 86.0 Å². The average Bonchev–Trinajstić information content (AvgIpc) is 2.69. The van der Waals surface area contributed by atoms with Crippen molar-refractivity contribution in [1.29, 1.82) is 0 Å². The molecule has 6 nitrogen and oxygen atoms in total. The lowest BCUT2D eigenvalue weighted by molar-refractivity contribution is -0.384. The Bertz CT molecular complexity index is 1020. The highest BCUT2D eigenvalue weighted by molar-refractivity contribution is 14.1. The van der Waals surface area contributed by atoms with E-state index in [-0.39, 0.29) is 5.69 Å². The SMILES string of the molecule is O=[N+]([O-])c1ccc(N/N=C/c2cc(Br)c(OCc3ccc(Cl)cc3)c(I)c2)cc1. The molecule has 0 aliphatic heterocycles. The number of nitrogens with one attached hydrogen (secondary N) is 1. The van der Waals surface area contributed by atoms with Crippen LogP contribution >= 0.6 is 50.1 Å². The number of nitro groups is 1. The van der Waals surface area contributed by atoms with Crippen LogP contribution < -0.4 is 10.2 Å². The molecule has 0 atom stereocenters. The van der Waals surface area contributed by atoms with Crippen LogP contribution in [-0.2, 0) is 6.61 Å². The van der Waals surface area contributed by atoms with Gasteiger partial charge in [-0.2, -0.15) is 5.10 Å². The van der Waals surface area contributed by atoms with Crippen LogP contribution in [-0.4, -0.2) is 11.1 Å². The molecule has 3 rings (SSSR count). The Labute approximate surface area is 194 Å². The zero-order valence-corrected chi connectivity index (χ0v) is 19.3. The zero-order chi connectivity index (χ0) is 20.8. The number of nitrogens with zero attached hydrogens (tertiary/aromatic N) is 2. The molecule has 9 heteroatoms. The largest absolute Gasteiger partial charge is 0.487 e. The van der Waals surface area contributed by atoms with Crippen molar-refractivity contribution in [3.63, 3.8) is 0 Å². The Hall–Kier alpha value is -2.17. The van der Waals surface area contributed by atoms with E-state index in [2.05, 4.69) is 49.0 Å². The van der Waals surface area contributed by atoms with E-state index in [9.17, 15) is 10.1 Å². The topological polar surface area (TPSA) is 76.8 Å². The highest BCUT2D eigenvalue weighted by Crippen LogP contribution is 2.32. The Kier molecular flexibility index (Phi) is 7.45. The fraction of sp³-hybridized carbons (Fsp3) is 0.0500. The van der Waals surface area contributed by atoms with Gasteiger partial charge in [-0.3, -0.25) is 15.5 Å². The first-order chi connectivity index (χ1) is 13.9. The molecule has 0 aromatic heterocycles. The fourth-order valence-electron chi connectivity index (χ4n) is 2.37. The van der Waals surface area contributed by atoms with Crippen molar-refractivity contribution in [3.05, 3.63) is 95.0 Å². The molecule has 0 saturated carbocycles. The smallest absolute Gasteiger partial charge is 0.269 e. The first-order valence-corrected chi connectivity index (χ1v) is 10.6. The average molecular weight is 587 g/mol. The highest BCUT2D eigenvalue weighted by atomic mass is 127. The summed E-state index contributed by atoms with van der Waals surface area (Å²) in [5, 5.41) is 15.5. The predicted molar refractivity (Wildman–Crippen MR) is 127 cm³/mol. The van der Waals surface area contributed by atoms with Gasteiger partial charge in [-0.1, -0.05) is 23.7 Å². The van der Waals surface area contributed by atoms with Crippen LogP contribution in [0, 0.1) is 13.7 Å². The van der Waals surface area contributed by atoms with Crippen molar-refractivity contribution in [3.8, 4) is 5.75 Å². The molecule has 0 saturated heterocycles. The summed E-state index contributed by atoms with van der Waals surface area (Å²) in [5.74, 6) is 0.751. The van der Waals surface area contributed by atoms with Crippen molar-refractivity contribution in [2.45, 2.75) is 6.61 Å². The molecule has 0 unspecified atom stereocenters. The molecule has 1 N–H and O–H groups in total. The standard InChI is InChI=1S/C20H14BrClIN3O3/c21-18-9-14(11-24-25-16-5-7-17(8-6-16)26(27)28)10-19(23)20(18)29-12-13-1-3-15(22)4-2-13/h1-11,25H,12H2/b24-11+. The Morgan fingerprint density at radius 1 is 1.17 bits per heavy atom. The maximum Gasteiger partial charge on any atom is 0.269 e. The molecular weight excluding hydrogens is 572 g/mol. The number of non-ortho nitro benzene ring substituents is 1. The van der Waals surface area contributed by atoms with Crippen molar-refractivity contribution < 1.29 is 9.66 Å². The number of nitro benzene ring substituents is 1. The molecule has 0 radical (unpaired) electrons. The summed E-state index contributed by atoms with van der Waals surface area (Å²) in [4.78, 5) is 10.2. The Morgan fingerprint density at radius 2 is 1.86 bits per heavy atom. The maximum absolute atomic E-state index is 10.7. The van der Waals surface area contributed by atoms with E-state index in [1.807, 2.05) is 36.4 Å². The molecule has 3 aromatic rings. The number of ether oxygens (including phenoxy) is 1. The summed E-state index contributed by atoms with van der Waals surface area (Å²) in [5.41, 5.74) is 5.43. The van der Waals surface area contributed by atoms with E-state index in [1.54, 1.807) is 18.3 Å². The number of hydrogen-bond donors (Lipinski definition) is 1. The lowest BCUT2D eigenvalue weighted by atomic mass is 10.2. The van der Waals surface area contributed by atoms with E-state index in [0.717, 1.165) is 24.9 Å². The molecule has 0 bridgehead atoms. The molecule has 148 valence electrons. The third kappa shape index (κ3) is 6.15. The second-order valence-corrected chi connectivity index (χ2v) is 8.36. The number of anilines is 1. The number of rotatable bonds is 7. The van der Waals surface area contributed by atoms with Crippen LogP contribution in [0.4, 0.5) is 11.4 Å². The summed E-state index contributed by atoms with van der Waals surface area (Å²) in [6, 6.07) is 17.4. The van der Waals surface area contributed by atoms with Gasteiger partial charge in [0.05, 0.1) is 24.9 Å². The molecule has 0 amide bonds. The molecule has 3 aromatic carbocycles. The van der Waals surface area contributed by atoms with Gasteiger partial charge in [-0.15, -0.1) is 0 Å². The molecular formula is C20H14BrClIN3O3. The monoisotopic (exact) mass is 585 g/mol. The van der Waals surface area contributed by atoms with Gasteiger partial charge in [0.15, 0.2) is 0 Å². The predicted octanol–water partition coefficient (Wildman–Crippen LogP) is 6.64.